The number of nitrogens with one attached hydrogen (secondary N) is 2. The zero-order valence-corrected chi connectivity index (χ0v) is 21.3. The van der Waals surface area contributed by atoms with E-state index in [1.165, 1.54) is 18.3 Å². The summed E-state index contributed by atoms with van der Waals surface area (Å²) in [5.74, 6) is -1.34. The van der Waals surface area contributed by atoms with Crippen molar-refractivity contribution >= 4 is 37.7 Å². The average Bonchev–Trinajstić information content (AvgIpc) is 3.17. The van der Waals surface area contributed by atoms with E-state index in [0.29, 0.717) is 16.7 Å². The fourth-order valence-corrected chi connectivity index (χ4v) is 8.31. The van der Waals surface area contributed by atoms with Crippen molar-refractivity contribution in [2.75, 3.05) is 18.1 Å². The van der Waals surface area contributed by atoms with Gasteiger partial charge in [0.05, 0.1) is 17.1 Å². The number of nitrogen functional groups attached to an aromatic ring is 1. The van der Waals surface area contributed by atoms with Crippen molar-refractivity contribution in [1.29, 1.82) is 5.41 Å². The van der Waals surface area contributed by atoms with Crippen molar-refractivity contribution in [3.8, 4) is 0 Å². The lowest BCUT2D eigenvalue weighted by Gasteiger charge is -2.37. The second kappa shape index (κ2) is 8.45. The van der Waals surface area contributed by atoms with Gasteiger partial charge < -0.3 is 5.73 Å². The second-order valence-corrected chi connectivity index (χ2v) is 12.9. The monoisotopic (exact) mass is 541 g/mol. The number of amidine groups is 1. The van der Waals surface area contributed by atoms with Crippen LogP contribution < -0.4 is 16.2 Å². The van der Waals surface area contributed by atoms with E-state index in [2.05, 4.69) is 10.3 Å². The minimum atomic E-state index is -4.26. The minimum Gasteiger partial charge on any atom is -0.384 e. The van der Waals surface area contributed by atoms with Crippen molar-refractivity contribution in [2.24, 2.45) is 10.9 Å². The maximum absolute atomic E-state index is 14.0. The topological polar surface area (TPSA) is 186 Å². The Morgan fingerprint density at radius 2 is 1.76 bits per heavy atom. The van der Waals surface area contributed by atoms with Crippen LogP contribution in [0.15, 0.2) is 71.8 Å². The number of fused-ring (bicyclic) bond motifs is 6. The molecule has 3 aromatic rings. The fraction of sp³-hybridized carbons (Fsp3) is 0.208. The standard InChI is InChI=1S/C24H24N6O5S2/c1-36(32,33)30(24(31)29-19-10-2-3-11-28-19)13-18-16-8-5-9-17(22(16)37(27,34)35)21(30)20(18)14-6-4-7-15(12-14)23(25)26/h2-12,18,20-21H,13H2,1H3,(H5-,25,26,27,28,29,31,34,35)/p+1/t18-,20?,21?,30+/m1/s1. The molecule has 13 heteroatoms. The number of amides is 2. The summed E-state index contributed by atoms with van der Waals surface area (Å²) in [7, 11) is -8.47. The predicted octanol–water partition coefficient (Wildman–Crippen LogP) is 1.96. The zero-order valence-electron chi connectivity index (χ0n) is 19.7. The van der Waals surface area contributed by atoms with Crippen LogP contribution in [0.3, 0.4) is 0 Å². The van der Waals surface area contributed by atoms with Gasteiger partial charge >= 0.3 is 16.1 Å². The molecule has 1 saturated heterocycles. The summed E-state index contributed by atoms with van der Waals surface area (Å²) in [6.07, 6.45) is 2.43. The van der Waals surface area contributed by atoms with E-state index in [1.54, 1.807) is 48.5 Å². The molecular weight excluding hydrogens is 516 g/mol. The van der Waals surface area contributed by atoms with Gasteiger partial charge in [0.15, 0.2) is 0 Å². The van der Waals surface area contributed by atoms with E-state index in [1.807, 2.05) is 0 Å². The molecule has 2 unspecified atom stereocenters. The number of urea groups is 1. The number of benzene rings is 2. The quantitative estimate of drug-likeness (QED) is 0.216. The number of aromatic nitrogens is 1. The molecule has 192 valence electrons. The number of hydrogen-bond donors (Lipinski definition) is 4. The normalized spacial score (nSPS) is 24.4. The van der Waals surface area contributed by atoms with Gasteiger partial charge in [0, 0.05) is 23.2 Å². The Morgan fingerprint density at radius 3 is 2.38 bits per heavy atom. The Morgan fingerprint density at radius 1 is 1.05 bits per heavy atom. The van der Waals surface area contributed by atoms with E-state index in [-0.39, 0.29) is 28.7 Å². The first-order chi connectivity index (χ1) is 17.4. The van der Waals surface area contributed by atoms with Crippen LogP contribution in [0.4, 0.5) is 10.6 Å². The number of carbonyl (C=O) groups is 1. The first-order valence-electron chi connectivity index (χ1n) is 11.3. The summed E-state index contributed by atoms with van der Waals surface area (Å²) in [6, 6.07) is 14.4. The van der Waals surface area contributed by atoms with Crippen LogP contribution in [0.2, 0.25) is 0 Å². The Balaban J connectivity index is 1.80. The van der Waals surface area contributed by atoms with Gasteiger partial charge in [-0.3, -0.25) is 10.7 Å². The van der Waals surface area contributed by atoms with Crippen molar-refractivity contribution in [1.82, 2.24) is 4.98 Å². The van der Waals surface area contributed by atoms with Gasteiger partial charge in [-0.1, -0.05) is 42.5 Å². The minimum absolute atomic E-state index is 0.147. The summed E-state index contributed by atoms with van der Waals surface area (Å²) in [5.41, 5.74) is 7.26. The zero-order chi connectivity index (χ0) is 26.8. The largest absolute Gasteiger partial charge is 0.438 e. The Bertz CT molecular complexity index is 1660. The SMILES string of the molecule is CS(=O)(=O)[N@@+]1(C(=O)Nc2ccccn2)C[C@@H]2c3cccc(c3S(N)(=O)=O)C1C2c1cccc(C(=N)N)c1. The highest BCUT2D eigenvalue weighted by atomic mass is 32.2. The number of pyridine rings is 1. The highest BCUT2D eigenvalue weighted by Gasteiger charge is 2.68. The van der Waals surface area contributed by atoms with E-state index >= 15 is 0 Å². The molecule has 0 spiro atoms. The number of anilines is 1. The lowest BCUT2D eigenvalue weighted by atomic mass is 9.73. The first kappa shape index (κ1) is 25.0. The molecule has 37 heavy (non-hydrogen) atoms. The van der Waals surface area contributed by atoms with Gasteiger partial charge in [0.2, 0.25) is 10.0 Å². The molecule has 5 rings (SSSR count). The van der Waals surface area contributed by atoms with Crippen LogP contribution >= 0.6 is 0 Å². The summed E-state index contributed by atoms with van der Waals surface area (Å²) >= 11 is 0. The predicted molar refractivity (Wildman–Crippen MR) is 137 cm³/mol. The van der Waals surface area contributed by atoms with E-state index in [0.717, 1.165) is 6.26 Å². The maximum atomic E-state index is 14.0. The molecule has 11 nitrogen and oxygen atoms in total. The van der Waals surface area contributed by atoms with E-state index < -0.39 is 47.8 Å². The number of hydrogen-bond acceptors (Lipinski definition) is 7. The average molecular weight is 542 g/mol. The lowest BCUT2D eigenvalue weighted by molar-refractivity contribution is -0.740. The van der Waals surface area contributed by atoms with Gasteiger partial charge in [0.1, 0.15) is 24.2 Å². The van der Waals surface area contributed by atoms with Gasteiger partial charge in [-0.25, -0.2) is 23.3 Å². The molecule has 2 aromatic carbocycles. The summed E-state index contributed by atoms with van der Waals surface area (Å²) < 4.78 is 51.7. The number of sulfonamides is 2. The van der Waals surface area contributed by atoms with Gasteiger partial charge in [-0.2, -0.15) is 8.42 Å². The number of nitrogens with two attached hydrogens (primary N) is 2. The highest BCUT2D eigenvalue weighted by Crippen LogP contribution is 2.62. The second-order valence-electron chi connectivity index (χ2n) is 9.28. The van der Waals surface area contributed by atoms with Gasteiger partial charge in [-0.15, -0.1) is 3.89 Å². The molecule has 2 aliphatic rings. The molecule has 1 aliphatic carbocycles. The molecule has 1 fully saturated rings. The van der Waals surface area contributed by atoms with Crippen LogP contribution in [-0.4, -0.2) is 50.4 Å². The molecule has 1 aliphatic heterocycles. The number of nitrogens with zero attached hydrogens (tertiary/aromatic N) is 2. The van der Waals surface area contributed by atoms with Gasteiger partial charge in [-0.05, 0) is 29.3 Å². The molecule has 4 bridgehead atoms. The van der Waals surface area contributed by atoms with Crippen molar-refractivity contribution < 1.29 is 25.5 Å². The molecule has 4 atom stereocenters. The number of quaternary nitrogens is 1. The third-order valence-corrected chi connectivity index (χ3v) is 9.95. The molecule has 1 aromatic heterocycles. The van der Waals surface area contributed by atoms with Crippen LogP contribution in [0.1, 0.15) is 40.1 Å². The fourth-order valence-electron chi connectivity index (χ4n) is 5.81. The Hall–Kier alpha value is -3.65. The Kier molecular flexibility index (Phi) is 5.71. The van der Waals surface area contributed by atoms with Crippen LogP contribution in [-0.2, 0) is 20.0 Å². The summed E-state index contributed by atoms with van der Waals surface area (Å²) in [4.78, 5) is 17.9. The van der Waals surface area contributed by atoms with Crippen molar-refractivity contribution in [2.45, 2.75) is 22.8 Å². The van der Waals surface area contributed by atoms with Crippen molar-refractivity contribution in [3.63, 3.8) is 0 Å². The lowest BCUT2D eigenvalue weighted by Crippen LogP contribution is -2.58. The smallest absolute Gasteiger partial charge is 0.384 e. The third-order valence-electron chi connectivity index (χ3n) is 7.19. The summed E-state index contributed by atoms with van der Waals surface area (Å²) in [6.45, 7) is -0.229. The number of carbonyl (C=O) groups excluding carboxylic acids is 1. The van der Waals surface area contributed by atoms with Crippen molar-refractivity contribution in [3.05, 3.63) is 89.1 Å². The number of likely N-dealkylation sites (tertiary alicyclic amines) is 1. The third kappa shape index (κ3) is 3.82. The molecule has 2 amide bonds. The summed E-state index contributed by atoms with van der Waals surface area (Å²) in [5, 5.41) is 16.1. The molecule has 6 N–H and O–H groups in total. The Labute approximate surface area is 214 Å². The van der Waals surface area contributed by atoms with E-state index in [9.17, 15) is 21.6 Å². The molecule has 0 radical (unpaired) electrons. The molecular formula is C24H25N6O5S2+. The van der Waals surface area contributed by atoms with E-state index in [4.69, 9.17) is 16.3 Å². The van der Waals surface area contributed by atoms with Crippen LogP contribution in [0, 0.1) is 5.41 Å². The first-order valence-corrected chi connectivity index (χ1v) is 14.7. The van der Waals surface area contributed by atoms with Gasteiger partial charge in [0.25, 0.3) is 0 Å². The number of rotatable bonds is 5. The highest BCUT2D eigenvalue weighted by molar-refractivity contribution is 7.89. The maximum Gasteiger partial charge on any atom is 0.438 e. The number of primary sulfonamides is 1. The molecule has 2 heterocycles. The van der Waals surface area contributed by atoms with Crippen LogP contribution in [0.5, 0.6) is 0 Å². The molecule has 0 saturated carbocycles. The van der Waals surface area contributed by atoms with Crippen LogP contribution in [0.25, 0.3) is 0 Å².